The summed E-state index contributed by atoms with van der Waals surface area (Å²) in [4.78, 5) is 23.9. The van der Waals surface area contributed by atoms with Crippen LogP contribution in [0.15, 0.2) is 50.4 Å². The highest BCUT2D eigenvalue weighted by Crippen LogP contribution is 2.28. The standard InChI is InChI=1S/C16H13NO5/c1-9-7-11-12(13(18)14(19)16(21)22-11)15(20)17(9)8-10-5-3-2-4-6-10/h2-7,18-19H,8H2,1H3. The molecule has 0 saturated heterocycles. The van der Waals surface area contributed by atoms with Crippen LogP contribution >= 0.6 is 0 Å². The van der Waals surface area contributed by atoms with Gasteiger partial charge in [0.25, 0.3) is 5.56 Å². The molecule has 6 nitrogen and oxygen atoms in total. The van der Waals surface area contributed by atoms with Crippen molar-refractivity contribution >= 4 is 11.0 Å². The van der Waals surface area contributed by atoms with Crippen LogP contribution < -0.4 is 11.2 Å². The van der Waals surface area contributed by atoms with E-state index in [4.69, 9.17) is 4.42 Å². The van der Waals surface area contributed by atoms with E-state index in [1.807, 2.05) is 30.3 Å². The van der Waals surface area contributed by atoms with Crippen LogP contribution in [-0.2, 0) is 6.54 Å². The van der Waals surface area contributed by atoms with Gasteiger partial charge < -0.3 is 19.2 Å². The fraction of sp³-hybridized carbons (Fsp3) is 0.125. The summed E-state index contributed by atoms with van der Waals surface area (Å²) in [5, 5.41) is 19.1. The van der Waals surface area contributed by atoms with E-state index in [9.17, 15) is 19.8 Å². The predicted molar refractivity (Wildman–Crippen MR) is 80.4 cm³/mol. The van der Waals surface area contributed by atoms with Gasteiger partial charge in [-0.3, -0.25) is 4.79 Å². The van der Waals surface area contributed by atoms with Crippen molar-refractivity contribution in [2.45, 2.75) is 13.5 Å². The van der Waals surface area contributed by atoms with Crippen molar-refractivity contribution in [2.75, 3.05) is 0 Å². The van der Waals surface area contributed by atoms with Gasteiger partial charge >= 0.3 is 5.63 Å². The second-order valence-corrected chi connectivity index (χ2v) is 4.99. The highest BCUT2D eigenvalue weighted by atomic mass is 16.4. The number of hydrogen-bond donors (Lipinski definition) is 2. The van der Waals surface area contributed by atoms with E-state index < -0.39 is 22.7 Å². The molecule has 0 aliphatic heterocycles. The Kier molecular flexibility index (Phi) is 3.21. The Hall–Kier alpha value is -3.02. The largest absolute Gasteiger partial charge is 0.503 e. The first-order valence-corrected chi connectivity index (χ1v) is 6.62. The maximum absolute atomic E-state index is 12.6. The predicted octanol–water partition coefficient (Wildman–Crippen LogP) is 1.72. The molecule has 6 heteroatoms. The Labute approximate surface area is 124 Å². The third kappa shape index (κ3) is 2.14. The quantitative estimate of drug-likeness (QED) is 0.751. The van der Waals surface area contributed by atoms with Crippen molar-refractivity contribution in [2.24, 2.45) is 0 Å². The molecule has 0 atom stereocenters. The van der Waals surface area contributed by atoms with E-state index in [-0.39, 0.29) is 11.0 Å². The first-order chi connectivity index (χ1) is 10.5. The van der Waals surface area contributed by atoms with E-state index in [1.165, 1.54) is 10.6 Å². The van der Waals surface area contributed by atoms with Crippen molar-refractivity contribution in [3.8, 4) is 11.5 Å². The zero-order valence-corrected chi connectivity index (χ0v) is 11.7. The molecule has 0 aliphatic rings. The number of benzene rings is 1. The molecule has 0 radical (unpaired) electrons. The Morgan fingerprint density at radius 3 is 2.45 bits per heavy atom. The van der Waals surface area contributed by atoms with Gasteiger partial charge in [0.1, 0.15) is 11.0 Å². The normalized spacial score (nSPS) is 11.0. The number of rotatable bonds is 2. The average Bonchev–Trinajstić information content (AvgIpc) is 2.50. The van der Waals surface area contributed by atoms with Crippen LogP contribution in [0.4, 0.5) is 0 Å². The molecule has 0 fully saturated rings. The number of fused-ring (bicyclic) bond motifs is 1. The Morgan fingerprint density at radius 1 is 1.09 bits per heavy atom. The summed E-state index contributed by atoms with van der Waals surface area (Å²) in [5.41, 5.74) is -0.171. The van der Waals surface area contributed by atoms with Crippen molar-refractivity contribution in [1.29, 1.82) is 0 Å². The molecule has 0 saturated carbocycles. The molecule has 1 aromatic carbocycles. The lowest BCUT2D eigenvalue weighted by Crippen LogP contribution is -2.23. The van der Waals surface area contributed by atoms with Gasteiger partial charge in [0.05, 0.1) is 6.54 Å². The van der Waals surface area contributed by atoms with Crippen LogP contribution in [0, 0.1) is 6.92 Å². The average molecular weight is 299 g/mol. The van der Waals surface area contributed by atoms with E-state index in [0.29, 0.717) is 12.2 Å². The molecule has 0 bridgehead atoms. The summed E-state index contributed by atoms with van der Waals surface area (Å²) < 4.78 is 6.30. The molecular formula is C16H13NO5. The van der Waals surface area contributed by atoms with Crippen molar-refractivity contribution in [3.05, 3.63) is 68.4 Å². The van der Waals surface area contributed by atoms with Crippen molar-refractivity contribution < 1.29 is 14.6 Å². The molecule has 0 spiro atoms. The van der Waals surface area contributed by atoms with Gasteiger partial charge in [-0.2, -0.15) is 0 Å². The Bertz CT molecular complexity index is 970. The summed E-state index contributed by atoms with van der Waals surface area (Å²) in [6.45, 7) is 2.01. The molecular weight excluding hydrogens is 286 g/mol. The topological polar surface area (TPSA) is 92.7 Å². The fourth-order valence-corrected chi connectivity index (χ4v) is 2.36. The monoisotopic (exact) mass is 299 g/mol. The third-order valence-electron chi connectivity index (χ3n) is 3.51. The number of pyridine rings is 1. The van der Waals surface area contributed by atoms with Crippen molar-refractivity contribution in [3.63, 3.8) is 0 Å². The Morgan fingerprint density at radius 2 is 1.77 bits per heavy atom. The minimum absolute atomic E-state index is 0.0490. The highest BCUT2D eigenvalue weighted by Gasteiger charge is 2.18. The zero-order chi connectivity index (χ0) is 15.9. The number of nitrogens with zero attached hydrogens (tertiary/aromatic N) is 1. The van der Waals surface area contributed by atoms with Crippen LogP contribution in [0.25, 0.3) is 11.0 Å². The molecule has 0 unspecified atom stereocenters. The number of aromatic hydroxyl groups is 2. The molecule has 2 N–H and O–H groups in total. The SMILES string of the molecule is Cc1cc2oc(=O)c(O)c(O)c2c(=O)n1Cc1ccccc1. The minimum atomic E-state index is -1.08. The summed E-state index contributed by atoms with van der Waals surface area (Å²) in [5.74, 6) is -1.71. The van der Waals surface area contributed by atoms with Crippen LogP contribution in [0.2, 0.25) is 0 Å². The van der Waals surface area contributed by atoms with Crippen LogP contribution in [0.1, 0.15) is 11.3 Å². The fourth-order valence-electron chi connectivity index (χ4n) is 2.36. The lowest BCUT2D eigenvalue weighted by molar-refractivity contribution is 0.377. The summed E-state index contributed by atoms with van der Waals surface area (Å²) >= 11 is 0. The highest BCUT2D eigenvalue weighted by molar-refractivity contribution is 5.84. The summed E-state index contributed by atoms with van der Waals surface area (Å²) in [6.07, 6.45) is 0. The number of aromatic nitrogens is 1. The maximum atomic E-state index is 12.6. The first kappa shape index (κ1) is 13.9. The van der Waals surface area contributed by atoms with Crippen LogP contribution in [0.3, 0.4) is 0 Å². The minimum Gasteiger partial charge on any atom is -0.503 e. The molecule has 2 aromatic heterocycles. The second-order valence-electron chi connectivity index (χ2n) is 4.99. The van der Waals surface area contributed by atoms with Gasteiger partial charge in [0.15, 0.2) is 5.75 Å². The van der Waals surface area contributed by atoms with Gasteiger partial charge in [0, 0.05) is 11.8 Å². The van der Waals surface area contributed by atoms with E-state index in [0.717, 1.165) is 5.56 Å². The Balaban J connectivity index is 2.29. The smallest absolute Gasteiger partial charge is 0.382 e. The van der Waals surface area contributed by atoms with Gasteiger partial charge in [-0.1, -0.05) is 30.3 Å². The number of aryl methyl sites for hydroxylation is 1. The van der Waals surface area contributed by atoms with Gasteiger partial charge in [-0.05, 0) is 12.5 Å². The van der Waals surface area contributed by atoms with Gasteiger partial charge in [-0.15, -0.1) is 0 Å². The van der Waals surface area contributed by atoms with Gasteiger partial charge in [0.2, 0.25) is 5.75 Å². The maximum Gasteiger partial charge on any atom is 0.382 e. The number of hydrogen-bond acceptors (Lipinski definition) is 5. The van der Waals surface area contributed by atoms with Crippen LogP contribution in [0.5, 0.6) is 11.5 Å². The lowest BCUT2D eigenvalue weighted by Gasteiger charge is -2.12. The van der Waals surface area contributed by atoms with E-state index in [1.54, 1.807) is 6.92 Å². The first-order valence-electron chi connectivity index (χ1n) is 6.62. The summed E-state index contributed by atoms with van der Waals surface area (Å²) in [6, 6.07) is 10.8. The zero-order valence-electron chi connectivity index (χ0n) is 11.7. The molecule has 0 amide bonds. The molecule has 2 heterocycles. The second kappa shape index (κ2) is 5.07. The molecule has 22 heavy (non-hydrogen) atoms. The lowest BCUT2D eigenvalue weighted by atomic mass is 10.2. The van der Waals surface area contributed by atoms with Gasteiger partial charge in [-0.25, -0.2) is 4.79 Å². The molecule has 3 rings (SSSR count). The molecule has 112 valence electrons. The summed E-state index contributed by atoms with van der Waals surface area (Å²) in [7, 11) is 0. The molecule has 3 aromatic rings. The third-order valence-corrected chi connectivity index (χ3v) is 3.51. The van der Waals surface area contributed by atoms with E-state index >= 15 is 0 Å². The van der Waals surface area contributed by atoms with Crippen molar-refractivity contribution in [1.82, 2.24) is 4.57 Å². The van der Waals surface area contributed by atoms with Crippen LogP contribution in [-0.4, -0.2) is 14.8 Å². The van der Waals surface area contributed by atoms with E-state index in [2.05, 4.69) is 0 Å². The molecule has 0 aliphatic carbocycles.